The molecule has 0 aliphatic carbocycles. The van der Waals surface area contributed by atoms with Gasteiger partial charge in [0.25, 0.3) is 0 Å². The van der Waals surface area contributed by atoms with Gasteiger partial charge in [-0.15, -0.1) is 0 Å². The lowest BCUT2D eigenvalue weighted by Gasteiger charge is -2.19. The van der Waals surface area contributed by atoms with E-state index in [9.17, 15) is 19.2 Å². The van der Waals surface area contributed by atoms with Crippen molar-refractivity contribution in [3.05, 3.63) is 79.4 Å². The summed E-state index contributed by atoms with van der Waals surface area (Å²) in [5.74, 6) is -0.982. The first-order valence-electron chi connectivity index (χ1n) is 13.4. The molecule has 0 saturated carbocycles. The summed E-state index contributed by atoms with van der Waals surface area (Å²) in [6.07, 6.45) is 0.496. The molecule has 0 bridgehead atoms. The van der Waals surface area contributed by atoms with E-state index in [1.54, 1.807) is 24.3 Å². The monoisotopic (exact) mass is 580 g/mol. The Hall–Kier alpha value is -4.11. The molecule has 2 heterocycles. The minimum absolute atomic E-state index is 0.0361. The SMILES string of the molecule is Cc1oc2c(C)c3oc(=O)c(CCC(=O)N[C@@H](Cc4ccc(Cl)cc4)C(=O)NCCCC(=O)O)c(C)c3cc2c1C. The first kappa shape index (κ1) is 29.9. The number of furan rings is 1. The minimum atomic E-state index is -0.951. The molecule has 0 aliphatic rings. The average molecular weight is 581 g/mol. The predicted molar refractivity (Wildman–Crippen MR) is 156 cm³/mol. The van der Waals surface area contributed by atoms with E-state index >= 15 is 0 Å². The van der Waals surface area contributed by atoms with Gasteiger partial charge >= 0.3 is 11.6 Å². The van der Waals surface area contributed by atoms with Crippen LogP contribution in [0.5, 0.6) is 0 Å². The van der Waals surface area contributed by atoms with E-state index in [1.807, 2.05) is 33.8 Å². The van der Waals surface area contributed by atoms with Crippen LogP contribution < -0.4 is 16.3 Å². The van der Waals surface area contributed by atoms with Crippen LogP contribution in [0, 0.1) is 27.7 Å². The molecule has 0 unspecified atom stereocenters. The van der Waals surface area contributed by atoms with Crippen LogP contribution in [0.2, 0.25) is 5.02 Å². The fraction of sp³-hybridized carbons (Fsp3) is 0.355. The van der Waals surface area contributed by atoms with Gasteiger partial charge < -0.3 is 24.6 Å². The van der Waals surface area contributed by atoms with Crippen LogP contribution in [0.15, 0.2) is 44.0 Å². The third-order valence-corrected chi connectivity index (χ3v) is 7.67. The van der Waals surface area contributed by atoms with Crippen molar-refractivity contribution in [2.75, 3.05) is 6.54 Å². The first-order chi connectivity index (χ1) is 19.5. The molecular formula is C31H33ClN2O7. The molecule has 4 rings (SSSR count). The molecule has 10 heteroatoms. The summed E-state index contributed by atoms with van der Waals surface area (Å²) in [7, 11) is 0. The third kappa shape index (κ3) is 6.79. The zero-order chi connectivity index (χ0) is 29.8. The van der Waals surface area contributed by atoms with E-state index in [-0.39, 0.29) is 38.6 Å². The second-order valence-electron chi connectivity index (χ2n) is 10.3. The number of nitrogens with one attached hydrogen (secondary N) is 2. The molecule has 9 nitrogen and oxygen atoms in total. The molecule has 1 atom stereocenters. The van der Waals surface area contributed by atoms with Gasteiger partial charge in [0.15, 0.2) is 0 Å². The summed E-state index contributed by atoms with van der Waals surface area (Å²) < 4.78 is 11.6. The fourth-order valence-electron chi connectivity index (χ4n) is 4.93. The minimum Gasteiger partial charge on any atom is -0.481 e. The van der Waals surface area contributed by atoms with Crippen LogP contribution in [-0.4, -0.2) is 35.5 Å². The average Bonchev–Trinajstić information content (AvgIpc) is 3.21. The number of halogens is 1. The van der Waals surface area contributed by atoms with Crippen molar-refractivity contribution < 1.29 is 28.3 Å². The molecule has 216 valence electrons. The number of carboxylic acids is 1. The van der Waals surface area contributed by atoms with Gasteiger partial charge in [-0.1, -0.05) is 23.7 Å². The van der Waals surface area contributed by atoms with E-state index in [1.165, 1.54) is 0 Å². The zero-order valence-corrected chi connectivity index (χ0v) is 24.2. The molecule has 2 aromatic heterocycles. The lowest BCUT2D eigenvalue weighted by atomic mass is 9.98. The van der Waals surface area contributed by atoms with Gasteiger partial charge in [-0.05, 0) is 75.4 Å². The Morgan fingerprint density at radius 3 is 2.27 bits per heavy atom. The highest BCUT2D eigenvalue weighted by molar-refractivity contribution is 6.30. The van der Waals surface area contributed by atoms with E-state index in [0.717, 1.165) is 38.8 Å². The Morgan fingerprint density at radius 2 is 1.59 bits per heavy atom. The highest BCUT2D eigenvalue weighted by atomic mass is 35.5. The van der Waals surface area contributed by atoms with Crippen molar-refractivity contribution in [1.29, 1.82) is 0 Å². The van der Waals surface area contributed by atoms with Crippen molar-refractivity contribution in [2.24, 2.45) is 0 Å². The Kier molecular flexibility index (Phi) is 9.18. The molecule has 0 radical (unpaired) electrons. The number of rotatable bonds is 11. The van der Waals surface area contributed by atoms with Crippen molar-refractivity contribution in [3.63, 3.8) is 0 Å². The molecule has 0 fully saturated rings. The summed E-state index contributed by atoms with van der Waals surface area (Å²) in [4.78, 5) is 49.7. The third-order valence-electron chi connectivity index (χ3n) is 7.42. The van der Waals surface area contributed by atoms with Crippen LogP contribution in [-0.2, 0) is 27.2 Å². The molecular weight excluding hydrogens is 548 g/mol. The van der Waals surface area contributed by atoms with Gasteiger partial charge in [0, 0.05) is 52.7 Å². The van der Waals surface area contributed by atoms with Gasteiger partial charge in [0.05, 0.1) is 0 Å². The number of benzene rings is 2. The quantitative estimate of drug-likeness (QED) is 0.166. The standard InChI is InChI=1S/C31H33ClN2O7/c1-16-19(4)40-28-18(3)29-24(15-23(16)28)17(2)22(31(39)41-29)11-12-26(35)34-25(14-20-7-9-21(32)10-8-20)30(38)33-13-5-6-27(36)37/h7-10,15,25H,5-6,11-14H2,1-4H3,(H,33,38)(H,34,35)(H,36,37)/t25-/m0/s1. The Morgan fingerprint density at radius 1 is 0.927 bits per heavy atom. The second kappa shape index (κ2) is 12.6. The Bertz CT molecular complexity index is 1690. The van der Waals surface area contributed by atoms with Gasteiger partial charge in [0.1, 0.15) is 23.0 Å². The summed E-state index contributed by atoms with van der Waals surface area (Å²) in [6.45, 7) is 7.74. The Balaban J connectivity index is 1.51. The number of carboxylic acid groups (broad SMARTS) is 1. The maximum Gasteiger partial charge on any atom is 0.339 e. The van der Waals surface area contributed by atoms with E-state index in [4.69, 9.17) is 25.5 Å². The van der Waals surface area contributed by atoms with E-state index in [0.29, 0.717) is 21.8 Å². The molecule has 2 aromatic carbocycles. The molecule has 0 aliphatic heterocycles. The number of aryl methyl sites for hydroxylation is 4. The molecule has 41 heavy (non-hydrogen) atoms. The molecule has 4 aromatic rings. The van der Waals surface area contributed by atoms with Gasteiger partial charge in [-0.3, -0.25) is 14.4 Å². The fourth-order valence-corrected chi connectivity index (χ4v) is 5.05. The molecule has 0 saturated heterocycles. The van der Waals surface area contributed by atoms with Gasteiger partial charge in [-0.2, -0.15) is 0 Å². The second-order valence-corrected chi connectivity index (χ2v) is 10.7. The molecule has 0 spiro atoms. The van der Waals surface area contributed by atoms with E-state index < -0.39 is 29.5 Å². The first-order valence-corrected chi connectivity index (χ1v) is 13.8. The predicted octanol–water partition coefficient (Wildman–Crippen LogP) is 5.07. The number of aliphatic carboxylic acids is 1. The number of hydrogen-bond donors (Lipinski definition) is 3. The van der Waals surface area contributed by atoms with Crippen LogP contribution in [0.3, 0.4) is 0 Å². The maximum atomic E-state index is 13.0. The number of fused-ring (bicyclic) bond motifs is 2. The smallest absolute Gasteiger partial charge is 0.339 e. The summed E-state index contributed by atoms with van der Waals surface area (Å²) >= 11 is 5.98. The number of hydrogen-bond acceptors (Lipinski definition) is 6. The van der Waals surface area contributed by atoms with Crippen molar-refractivity contribution in [1.82, 2.24) is 10.6 Å². The van der Waals surface area contributed by atoms with Gasteiger partial charge in [-0.25, -0.2) is 4.79 Å². The molecule has 2 amide bonds. The van der Waals surface area contributed by atoms with Crippen LogP contribution in [0.1, 0.15) is 52.8 Å². The van der Waals surface area contributed by atoms with Crippen molar-refractivity contribution >= 4 is 51.3 Å². The van der Waals surface area contributed by atoms with Crippen LogP contribution in [0.4, 0.5) is 0 Å². The summed E-state index contributed by atoms with van der Waals surface area (Å²) in [5, 5.41) is 16.6. The number of carbonyl (C=O) groups excluding carboxylic acids is 2. The lowest BCUT2D eigenvalue weighted by molar-refractivity contribution is -0.137. The van der Waals surface area contributed by atoms with Crippen molar-refractivity contribution in [2.45, 2.75) is 65.8 Å². The largest absolute Gasteiger partial charge is 0.481 e. The Labute approximate surface area is 241 Å². The maximum absolute atomic E-state index is 13.0. The van der Waals surface area contributed by atoms with E-state index in [2.05, 4.69) is 10.6 Å². The highest BCUT2D eigenvalue weighted by Gasteiger charge is 2.23. The van der Waals surface area contributed by atoms with Crippen LogP contribution >= 0.6 is 11.6 Å². The summed E-state index contributed by atoms with van der Waals surface area (Å²) in [5.41, 5.74) is 4.33. The topological polar surface area (TPSA) is 139 Å². The number of amides is 2. The zero-order valence-electron chi connectivity index (χ0n) is 23.5. The van der Waals surface area contributed by atoms with Crippen molar-refractivity contribution in [3.8, 4) is 0 Å². The lowest BCUT2D eigenvalue weighted by Crippen LogP contribution is -2.48. The number of carbonyl (C=O) groups is 3. The normalized spacial score (nSPS) is 12.0. The van der Waals surface area contributed by atoms with Crippen LogP contribution in [0.25, 0.3) is 21.9 Å². The molecule has 3 N–H and O–H groups in total. The van der Waals surface area contributed by atoms with Gasteiger partial charge in [0.2, 0.25) is 11.8 Å². The summed E-state index contributed by atoms with van der Waals surface area (Å²) in [6, 6.07) is 8.00. The highest BCUT2D eigenvalue weighted by Crippen LogP contribution is 2.34.